The van der Waals surface area contributed by atoms with Crippen molar-refractivity contribution in [3.05, 3.63) is 57.1 Å². The van der Waals surface area contributed by atoms with Gasteiger partial charge in [-0.1, -0.05) is 63.5 Å². The summed E-state index contributed by atoms with van der Waals surface area (Å²) < 4.78 is 0. The average Bonchev–Trinajstić information content (AvgIpc) is 2.82. The number of nitrogens with zero attached hydrogens (tertiary/aromatic N) is 4. The number of carbonyl (C=O) groups is 1. The number of hydrogen-bond acceptors (Lipinski definition) is 7. The van der Waals surface area contributed by atoms with Crippen LogP contribution in [-0.4, -0.2) is 24.0 Å². The second-order valence-corrected chi connectivity index (χ2v) is 9.05. The third-order valence-corrected chi connectivity index (χ3v) is 6.12. The fraction of sp³-hybridized carbons (Fsp3) is 0.500. The summed E-state index contributed by atoms with van der Waals surface area (Å²) in [6.45, 7) is 5.29. The molecular formula is C26H34ClN4NaO4. The molecule has 2 aromatic rings. The smallest absolute Gasteiger partial charge is 0.550 e. The molecule has 2 aromatic carbocycles. The number of unbranched alkanes of at least 4 members (excludes halogenated alkanes) is 7. The molecule has 0 N–H and O–H groups in total. The van der Waals surface area contributed by atoms with Gasteiger partial charge in [0.05, 0.1) is 15.6 Å². The Morgan fingerprint density at radius 3 is 2.14 bits per heavy atom. The molecule has 0 amide bonds. The number of anilines is 1. The largest absolute Gasteiger partial charge is 1.00 e. The molecule has 0 spiro atoms. The van der Waals surface area contributed by atoms with Crippen LogP contribution in [0.5, 0.6) is 0 Å². The fourth-order valence-electron chi connectivity index (χ4n) is 3.78. The van der Waals surface area contributed by atoms with E-state index in [-0.39, 0.29) is 46.7 Å². The number of non-ortho nitro benzene ring substituents is 1. The Hall–Kier alpha value is -2.00. The number of azo groups is 1. The molecule has 190 valence electrons. The minimum Gasteiger partial charge on any atom is -0.550 e. The number of nitro benzene ring substituents is 1. The van der Waals surface area contributed by atoms with Gasteiger partial charge in [-0.15, -0.1) is 5.11 Å². The number of halogens is 1. The van der Waals surface area contributed by atoms with Crippen molar-refractivity contribution in [2.45, 2.75) is 71.6 Å². The van der Waals surface area contributed by atoms with Crippen molar-refractivity contribution in [1.29, 1.82) is 0 Å². The third-order valence-electron chi connectivity index (χ3n) is 5.82. The van der Waals surface area contributed by atoms with Crippen molar-refractivity contribution in [2.75, 3.05) is 18.0 Å². The molecule has 36 heavy (non-hydrogen) atoms. The predicted octanol–water partition coefficient (Wildman–Crippen LogP) is 4.06. The zero-order valence-corrected chi connectivity index (χ0v) is 24.3. The zero-order chi connectivity index (χ0) is 25.6. The van der Waals surface area contributed by atoms with E-state index in [1.807, 2.05) is 25.1 Å². The fourth-order valence-corrected chi connectivity index (χ4v) is 3.99. The van der Waals surface area contributed by atoms with Crippen LogP contribution in [0.25, 0.3) is 0 Å². The maximum absolute atomic E-state index is 11.1. The summed E-state index contributed by atoms with van der Waals surface area (Å²) in [5, 5.41) is 30.4. The number of carbonyl (C=O) groups excluding carboxylic acids is 1. The van der Waals surface area contributed by atoms with Gasteiger partial charge in [-0.25, -0.2) is 0 Å². The Morgan fingerprint density at radius 1 is 0.944 bits per heavy atom. The number of aliphatic carboxylic acids is 1. The molecule has 0 fully saturated rings. The SMILES string of the molecule is CCCCCCCCCCN(CCC(=O)[O-])c1ccc(N=Nc2ccc([N+](=O)[O-])cc2Cl)c(C)c1.[Na+]. The van der Waals surface area contributed by atoms with Crippen LogP contribution in [0.2, 0.25) is 5.02 Å². The Labute approximate surface area is 240 Å². The van der Waals surface area contributed by atoms with Crippen molar-refractivity contribution >= 4 is 40.3 Å². The summed E-state index contributed by atoms with van der Waals surface area (Å²) in [5.74, 6) is -1.06. The molecule has 8 nitrogen and oxygen atoms in total. The molecule has 0 radical (unpaired) electrons. The van der Waals surface area contributed by atoms with Crippen molar-refractivity contribution in [3.8, 4) is 0 Å². The van der Waals surface area contributed by atoms with Crippen LogP contribution >= 0.6 is 11.6 Å². The number of carboxylic acid groups (broad SMARTS) is 1. The second-order valence-electron chi connectivity index (χ2n) is 8.65. The van der Waals surface area contributed by atoms with E-state index in [4.69, 9.17) is 11.6 Å². The van der Waals surface area contributed by atoms with Gasteiger partial charge in [0.2, 0.25) is 0 Å². The number of nitro groups is 1. The molecule has 0 aromatic heterocycles. The van der Waals surface area contributed by atoms with Crippen LogP contribution in [0.1, 0.15) is 70.3 Å². The number of aryl methyl sites for hydroxylation is 1. The van der Waals surface area contributed by atoms with Crippen molar-refractivity contribution in [2.24, 2.45) is 10.2 Å². The number of rotatable bonds is 16. The molecule has 0 saturated heterocycles. The summed E-state index contributed by atoms with van der Waals surface area (Å²) in [6.07, 6.45) is 9.66. The Balaban J connectivity index is 0.00000648. The number of benzene rings is 2. The maximum Gasteiger partial charge on any atom is 1.00 e. The first-order valence-corrected chi connectivity index (χ1v) is 12.6. The molecule has 0 atom stereocenters. The van der Waals surface area contributed by atoms with Gasteiger partial charge in [0.15, 0.2) is 0 Å². The van der Waals surface area contributed by atoms with Crippen LogP contribution < -0.4 is 39.6 Å². The van der Waals surface area contributed by atoms with Crippen LogP contribution in [0, 0.1) is 17.0 Å². The van der Waals surface area contributed by atoms with Crippen molar-refractivity contribution < 1.29 is 44.4 Å². The number of hydrogen-bond donors (Lipinski definition) is 0. The van der Waals surface area contributed by atoms with Gasteiger partial charge in [0.1, 0.15) is 5.69 Å². The zero-order valence-electron chi connectivity index (χ0n) is 21.5. The molecule has 0 aliphatic heterocycles. The maximum atomic E-state index is 11.1. The molecule has 0 bridgehead atoms. The number of carboxylic acids is 1. The molecule has 0 unspecified atom stereocenters. The quantitative estimate of drug-likeness (QED) is 0.108. The van der Waals surface area contributed by atoms with E-state index in [0.29, 0.717) is 17.9 Å². The van der Waals surface area contributed by atoms with Gasteiger partial charge in [0, 0.05) is 43.3 Å². The average molecular weight is 525 g/mol. The third kappa shape index (κ3) is 11.4. The molecule has 0 aliphatic rings. The molecule has 0 saturated carbocycles. The molecular weight excluding hydrogens is 491 g/mol. The van der Waals surface area contributed by atoms with E-state index in [1.165, 1.54) is 56.7 Å². The van der Waals surface area contributed by atoms with E-state index < -0.39 is 10.9 Å². The van der Waals surface area contributed by atoms with Crippen LogP contribution in [-0.2, 0) is 4.79 Å². The first-order chi connectivity index (χ1) is 16.8. The first kappa shape index (κ1) is 32.0. The van der Waals surface area contributed by atoms with E-state index in [1.54, 1.807) is 0 Å². The van der Waals surface area contributed by atoms with Gasteiger partial charge < -0.3 is 14.8 Å². The van der Waals surface area contributed by atoms with Crippen LogP contribution in [0.4, 0.5) is 22.7 Å². The van der Waals surface area contributed by atoms with Gasteiger partial charge >= 0.3 is 29.6 Å². The summed E-state index contributed by atoms with van der Waals surface area (Å²) in [7, 11) is 0. The summed E-state index contributed by atoms with van der Waals surface area (Å²) in [6, 6.07) is 9.72. The van der Waals surface area contributed by atoms with Gasteiger partial charge in [-0.05, 0) is 43.2 Å². The Bertz CT molecular complexity index is 1020. The summed E-state index contributed by atoms with van der Waals surface area (Å²) in [4.78, 5) is 23.5. The molecule has 2 rings (SSSR count). The normalized spacial score (nSPS) is 10.9. The Kier molecular flexibility index (Phi) is 15.5. The minimum absolute atomic E-state index is 0. The van der Waals surface area contributed by atoms with Crippen molar-refractivity contribution in [3.63, 3.8) is 0 Å². The van der Waals surface area contributed by atoms with Crippen LogP contribution in [0.15, 0.2) is 46.6 Å². The topological polar surface area (TPSA) is 111 Å². The predicted molar refractivity (Wildman–Crippen MR) is 138 cm³/mol. The van der Waals surface area contributed by atoms with Gasteiger partial charge in [-0.2, -0.15) is 5.11 Å². The van der Waals surface area contributed by atoms with Gasteiger partial charge in [0.25, 0.3) is 5.69 Å². The standard InChI is InChI=1S/C26H35ClN4O4.Na/c1-3-4-5-6-7-8-9-10-16-30(17-15-26(32)33)21-11-13-24(20(2)18-21)28-29-25-14-12-22(31(34)35)19-23(25)27;/h11-14,18-19H,3-10,15-17H2,1-2H3,(H,32,33);/q;+1/p-1. The monoisotopic (exact) mass is 524 g/mol. The minimum atomic E-state index is -1.06. The Morgan fingerprint density at radius 2 is 1.56 bits per heavy atom. The van der Waals surface area contributed by atoms with Gasteiger partial charge in [-0.3, -0.25) is 10.1 Å². The summed E-state index contributed by atoms with van der Waals surface area (Å²) >= 11 is 6.09. The van der Waals surface area contributed by atoms with E-state index in [0.717, 1.165) is 30.6 Å². The van der Waals surface area contributed by atoms with E-state index in [9.17, 15) is 20.0 Å². The van der Waals surface area contributed by atoms with E-state index >= 15 is 0 Å². The van der Waals surface area contributed by atoms with Crippen LogP contribution in [0.3, 0.4) is 0 Å². The van der Waals surface area contributed by atoms with E-state index in [2.05, 4.69) is 22.1 Å². The first-order valence-electron chi connectivity index (χ1n) is 12.2. The summed E-state index contributed by atoms with van der Waals surface area (Å²) in [5.41, 5.74) is 2.67. The van der Waals surface area contributed by atoms with Crippen molar-refractivity contribution in [1.82, 2.24) is 0 Å². The molecule has 0 aliphatic carbocycles. The second kappa shape index (κ2) is 17.5. The molecule has 0 heterocycles. The molecule has 10 heteroatoms.